The Morgan fingerprint density at radius 3 is 3.12 bits per heavy atom. The van der Waals surface area contributed by atoms with Gasteiger partial charge in [-0.1, -0.05) is 23.4 Å². The van der Waals surface area contributed by atoms with Gasteiger partial charge in [0.25, 0.3) is 0 Å². The third kappa shape index (κ3) is 3.52. The van der Waals surface area contributed by atoms with Gasteiger partial charge in [0.2, 0.25) is 0 Å². The van der Waals surface area contributed by atoms with Crippen molar-refractivity contribution >= 4 is 35.1 Å². The van der Waals surface area contributed by atoms with Gasteiger partial charge in [-0.3, -0.25) is 0 Å². The van der Waals surface area contributed by atoms with Gasteiger partial charge >= 0.3 is 0 Å². The van der Waals surface area contributed by atoms with E-state index >= 15 is 0 Å². The second kappa shape index (κ2) is 6.10. The molecule has 1 N–H and O–H groups in total. The first-order valence-corrected chi connectivity index (χ1v) is 7.79. The fourth-order valence-electron chi connectivity index (χ4n) is 1.60. The fourth-order valence-corrected chi connectivity index (χ4v) is 3.37. The van der Waals surface area contributed by atoms with Gasteiger partial charge in [0.05, 0.1) is 0 Å². The van der Waals surface area contributed by atoms with Crippen molar-refractivity contribution in [2.75, 3.05) is 25.1 Å². The summed E-state index contributed by atoms with van der Waals surface area (Å²) < 4.78 is 0. The molecule has 1 saturated heterocycles. The Bertz CT molecular complexity index is 356. The number of halogens is 1. The Kier molecular flexibility index (Phi) is 4.76. The van der Waals surface area contributed by atoms with E-state index in [0.717, 1.165) is 34.9 Å². The van der Waals surface area contributed by atoms with E-state index in [1.165, 1.54) is 18.2 Å². The number of nitrogens with one attached hydrogen (secondary N) is 1. The summed E-state index contributed by atoms with van der Waals surface area (Å²) in [5, 5.41) is 5.63. The number of hydrogen-bond donors (Lipinski definition) is 1. The van der Waals surface area contributed by atoms with Gasteiger partial charge in [0.15, 0.2) is 5.16 Å². The molecule has 1 atom stereocenters. The lowest BCUT2D eigenvalue weighted by atomic mass is 10.2. The van der Waals surface area contributed by atoms with E-state index < -0.39 is 0 Å². The van der Waals surface area contributed by atoms with Gasteiger partial charge in [-0.05, 0) is 31.7 Å². The molecular weight excluding hydrogens is 262 g/mol. The average Bonchev–Trinajstić information content (AvgIpc) is 2.78. The van der Waals surface area contributed by atoms with Crippen LogP contribution in [0.3, 0.4) is 0 Å². The van der Waals surface area contributed by atoms with E-state index in [4.69, 9.17) is 11.6 Å². The summed E-state index contributed by atoms with van der Waals surface area (Å²) in [6.07, 6.45) is 3.22. The molecule has 2 rings (SSSR count). The summed E-state index contributed by atoms with van der Waals surface area (Å²) in [5.74, 6) is 1.87. The molecule has 0 bridgehead atoms. The van der Waals surface area contributed by atoms with E-state index in [2.05, 4.69) is 15.3 Å². The number of aromatic nitrogens is 2. The van der Waals surface area contributed by atoms with E-state index in [1.807, 2.05) is 12.3 Å². The molecule has 0 unspecified atom stereocenters. The quantitative estimate of drug-likeness (QED) is 0.519. The molecule has 0 amide bonds. The van der Waals surface area contributed by atoms with E-state index in [-0.39, 0.29) is 0 Å². The Balaban J connectivity index is 1.94. The van der Waals surface area contributed by atoms with E-state index in [9.17, 15) is 0 Å². The molecule has 1 aliphatic rings. The first-order chi connectivity index (χ1) is 7.78. The highest BCUT2D eigenvalue weighted by molar-refractivity contribution is 7.99. The van der Waals surface area contributed by atoms with Crippen molar-refractivity contribution in [3.63, 3.8) is 0 Å². The van der Waals surface area contributed by atoms with Crippen LogP contribution in [0.4, 0.5) is 0 Å². The number of thioether (sulfide) groups is 2. The van der Waals surface area contributed by atoms with Crippen LogP contribution in [0, 0.1) is 5.92 Å². The number of nitrogens with zero attached hydrogens (tertiary/aromatic N) is 2. The van der Waals surface area contributed by atoms with Gasteiger partial charge in [-0.2, -0.15) is 0 Å². The molecule has 88 valence electrons. The van der Waals surface area contributed by atoms with Crippen molar-refractivity contribution in [1.29, 1.82) is 0 Å². The predicted molar refractivity (Wildman–Crippen MR) is 70.5 cm³/mol. The van der Waals surface area contributed by atoms with Crippen molar-refractivity contribution in [3.05, 3.63) is 11.2 Å². The van der Waals surface area contributed by atoms with Crippen LogP contribution < -0.4 is 5.32 Å². The van der Waals surface area contributed by atoms with Gasteiger partial charge < -0.3 is 5.32 Å². The smallest absolute Gasteiger partial charge is 0.189 e. The number of rotatable bonds is 4. The maximum absolute atomic E-state index is 5.93. The maximum atomic E-state index is 5.93. The average molecular weight is 276 g/mol. The topological polar surface area (TPSA) is 37.8 Å². The molecular formula is C10H14ClN3S2. The highest BCUT2D eigenvalue weighted by atomic mass is 35.5. The second-order valence-electron chi connectivity index (χ2n) is 3.69. The Morgan fingerprint density at radius 1 is 1.56 bits per heavy atom. The molecule has 1 aromatic heterocycles. The zero-order valence-electron chi connectivity index (χ0n) is 9.07. The molecule has 0 spiro atoms. The zero-order chi connectivity index (χ0) is 11.4. The van der Waals surface area contributed by atoms with Crippen molar-refractivity contribution < 1.29 is 0 Å². The summed E-state index contributed by atoms with van der Waals surface area (Å²) in [6.45, 7) is 2.27. The molecule has 2 heterocycles. The first kappa shape index (κ1) is 12.5. The monoisotopic (exact) mass is 275 g/mol. The largest absolute Gasteiger partial charge is 0.316 e. The summed E-state index contributed by atoms with van der Waals surface area (Å²) in [7, 11) is 0. The molecule has 6 heteroatoms. The van der Waals surface area contributed by atoms with Gasteiger partial charge in [-0.25, -0.2) is 9.97 Å². The molecule has 16 heavy (non-hydrogen) atoms. The minimum absolute atomic E-state index is 0.534. The zero-order valence-corrected chi connectivity index (χ0v) is 11.5. The van der Waals surface area contributed by atoms with Crippen LogP contribution in [0.25, 0.3) is 0 Å². The van der Waals surface area contributed by atoms with E-state index in [0.29, 0.717) is 5.15 Å². The van der Waals surface area contributed by atoms with Crippen LogP contribution in [-0.4, -0.2) is 35.1 Å². The number of hydrogen-bond acceptors (Lipinski definition) is 5. The molecule has 1 fully saturated rings. The molecule has 0 radical (unpaired) electrons. The third-order valence-electron chi connectivity index (χ3n) is 2.46. The van der Waals surface area contributed by atoms with Gasteiger partial charge in [0.1, 0.15) is 10.2 Å². The Labute approximate surface area is 109 Å². The van der Waals surface area contributed by atoms with Gasteiger partial charge in [-0.15, -0.1) is 11.8 Å². The predicted octanol–water partition coefficient (Wildman–Crippen LogP) is 2.55. The van der Waals surface area contributed by atoms with Gasteiger partial charge in [0, 0.05) is 11.8 Å². The van der Waals surface area contributed by atoms with Crippen molar-refractivity contribution in [1.82, 2.24) is 15.3 Å². The van der Waals surface area contributed by atoms with Crippen molar-refractivity contribution in [2.24, 2.45) is 5.92 Å². The van der Waals surface area contributed by atoms with Crippen LogP contribution >= 0.6 is 35.1 Å². The standard InChI is InChI=1S/C10H14ClN3S2/c1-15-10-13-8(11)4-9(14-10)16-6-7-2-3-12-5-7/h4,7,12H,2-3,5-6H2,1H3/t7-/m1/s1. The Hall–Kier alpha value is 0.0300. The lowest BCUT2D eigenvalue weighted by Crippen LogP contribution is -2.10. The minimum atomic E-state index is 0.534. The Morgan fingerprint density at radius 2 is 2.44 bits per heavy atom. The lowest BCUT2D eigenvalue weighted by Gasteiger charge is -2.07. The van der Waals surface area contributed by atoms with E-state index in [1.54, 1.807) is 11.8 Å². The third-order valence-corrected chi connectivity index (χ3v) is 4.35. The summed E-state index contributed by atoms with van der Waals surface area (Å²) in [6, 6.07) is 1.84. The molecule has 0 saturated carbocycles. The molecule has 0 aliphatic carbocycles. The summed E-state index contributed by atoms with van der Waals surface area (Å²) in [4.78, 5) is 8.55. The van der Waals surface area contributed by atoms with Crippen molar-refractivity contribution in [2.45, 2.75) is 16.6 Å². The van der Waals surface area contributed by atoms with Crippen LogP contribution in [0.1, 0.15) is 6.42 Å². The van der Waals surface area contributed by atoms with Crippen LogP contribution in [0.5, 0.6) is 0 Å². The van der Waals surface area contributed by atoms with Crippen LogP contribution in [0.15, 0.2) is 16.2 Å². The fraction of sp³-hybridized carbons (Fsp3) is 0.600. The first-order valence-electron chi connectivity index (χ1n) is 5.20. The van der Waals surface area contributed by atoms with Crippen LogP contribution in [0.2, 0.25) is 5.15 Å². The maximum Gasteiger partial charge on any atom is 0.189 e. The van der Waals surface area contributed by atoms with Crippen LogP contribution in [-0.2, 0) is 0 Å². The molecule has 1 aliphatic heterocycles. The highest BCUT2D eigenvalue weighted by Gasteiger charge is 2.15. The molecule has 3 nitrogen and oxygen atoms in total. The lowest BCUT2D eigenvalue weighted by molar-refractivity contribution is 0.662. The second-order valence-corrected chi connectivity index (χ2v) is 5.89. The highest BCUT2D eigenvalue weighted by Crippen LogP contribution is 2.25. The summed E-state index contributed by atoms with van der Waals surface area (Å²) in [5.41, 5.74) is 0. The normalized spacial score (nSPS) is 20.2. The minimum Gasteiger partial charge on any atom is -0.316 e. The molecule has 0 aromatic carbocycles. The van der Waals surface area contributed by atoms with Crippen molar-refractivity contribution in [3.8, 4) is 0 Å². The summed E-state index contributed by atoms with van der Waals surface area (Å²) >= 11 is 9.23. The molecule has 1 aromatic rings. The SMILES string of the molecule is CSc1nc(Cl)cc(SC[C@@H]2CCNC2)n1.